The summed E-state index contributed by atoms with van der Waals surface area (Å²) in [5.74, 6) is -0.195. The third kappa shape index (κ3) is 3.45. The molecule has 1 aliphatic heterocycles. The van der Waals surface area contributed by atoms with Gasteiger partial charge in [-0.2, -0.15) is 0 Å². The molecule has 0 atom stereocenters. The lowest BCUT2D eigenvalue weighted by Gasteiger charge is -2.13. The lowest BCUT2D eigenvalue weighted by atomic mass is 10.1. The summed E-state index contributed by atoms with van der Waals surface area (Å²) in [5, 5.41) is 5.34. The maximum absolute atomic E-state index is 12.3. The number of carbonyl (C=O) groups is 3. The molecule has 1 fully saturated rings. The number of nitrogens with one attached hydrogen (secondary N) is 2. The second-order valence-electron chi connectivity index (χ2n) is 5.42. The van der Waals surface area contributed by atoms with Crippen LogP contribution in [0.25, 0.3) is 0 Å². The number of methoxy groups -OCH3 is 1. The van der Waals surface area contributed by atoms with E-state index in [1.54, 1.807) is 48.5 Å². The molecule has 0 radical (unpaired) electrons. The van der Waals surface area contributed by atoms with Gasteiger partial charge < -0.3 is 15.4 Å². The van der Waals surface area contributed by atoms with E-state index >= 15 is 0 Å². The Morgan fingerprint density at radius 3 is 2.48 bits per heavy atom. The van der Waals surface area contributed by atoms with Crippen molar-refractivity contribution in [1.82, 2.24) is 10.2 Å². The third-order valence-electron chi connectivity index (χ3n) is 3.84. The minimum Gasteiger partial charge on any atom is -0.496 e. The summed E-state index contributed by atoms with van der Waals surface area (Å²) in [6.07, 6.45) is 0. The average Bonchev–Trinajstić information content (AvgIpc) is 3.07. The lowest BCUT2D eigenvalue weighted by molar-refractivity contribution is 0.0829. The number of hydrogen-bond donors (Lipinski definition) is 2. The van der Waals surface area contributed by atoms with Crippen molar-refractivity contribution in [3.8, 4) is 5.75 Å². The molecule has 3 rings (SSSR count). The number of hydrogen-bond acceptors (Lipinski definition) is 4. The third-order valence-corrected chi connectivity index (χ3v) is 3.84. The second kappa shape index (κ2) is 7.04. The first kappa shape index (κ1) is 16.5. The first-order valence-electron chi connectivity index (χ1n) is 7.74. The summed E-state index contributed by atoms with van der Waals surface area (Å²) >= 11 is 0. The smallest absolute Gasteiger partial charge is 0.324 e. The van der Waals surface area contributed by atoms with Gasteiger partial charge in [-0.1, -0.05) is 12.1 Å². The quantitative estimate of drug-likeness (QED) is 0.893. The van der Waals surface area contributed by atoms with E-state index in [0.29, 0.717) is 35.7 Å². The number of ether oxygens (including phenoxy) is 1. The standard InChI is InChI=1S/C18H17N3O4/c1-25-15-5-3-2-4-14(15)16(22)20-13-8-6-12(7-9-13)17(23)21-11-10-19-18(21)24/h2-9H,10-11H2,1H3,(H,19,24)(H,20,22). The minimum absolute atomic E-state index is 0.310. The number of imide groups is 1. The van der Waals surface area contributed by atoms with E-state index < -0.39 is 6.03 Å². The normalized spacial score (nSPS) is 13.3. The highest BCUT2D eigenvalue weighted by Crippen LogP contribution is 2.19. The van der Waals surface area contributed by atoms with Gasteiger partial charge in [0.25, 0.3) is 11.8 Å². The number of carbonyl (C=O) groups excluding carboxylic acids is 3. The highest BCUT2D eigenvalue weighted by molar-refractivity contribution is 6.07. The summed E-state index contributed by atoms with van der Waals surface area (Å²) < 4.78 is 5.17. The number of rotatable bonds is 4. The van der Waals surface area contributed by atoms with Crippen molar-refractivity contribution in [2.75, 3.05) is 25.5 Å². The van der Waals surface area contributed by atoms with Crippen LogP contribution >= 0.6 is 0 Å². The van der Waals surface area contributed by atoms with Gasteiger partial charge in [-0.05, 0) is 36.4 Å². The fourth-order valence-corrected chi connectivity index (χ4v) is 2.55. The fourth-order valence-electron chi connectivity index (χ4n) is 2.55. The Hall–Kier alpha value is -3.35. The average molecular weight is 339 g/mol. The molecule has 2 N–H and O–H groups in total. The molecule has 0 saturated carbocycles. The molecule has 0 aromatic heterocycles. The molecule has 25 heavy (non-hydrogen) atoms. The topological polar surface area (TPSA) is 87.7 Å². The molecule has 128 valence electrons. The van der Waals surface area contributed by atoms with E-state index in [1.165, 1.54) is 7.11 Å². The fraction of sp³-hybridized carbons (Fsp3) is 0.167. The Kier molecular flexibility index (Phi) is 4.65. The van der Waals surface area contributed by atoms with Crippen LogP contribution in [0.4, 0.5) is 10.5 Å². The van der Waals surface area contributed by atoms with E-state index in [-0.39, 0.29) is 11.8 Å². The molecule has 0 bridgehead atoms. The van der Waals surface area contributed by atoms with Crippen molar-refractivity contribution >= 4 is 23.5 Å². The highest BCUT2D eigenvalue weighted by Gasteiger charge is 2.26. The van der Waals surface area contributed by atoms with Crippen molar-refractivity contribution in [1.29, 1.82) is 0 Å². The molecule has 0 spiro atoms. The zero-order chi connectivity index (χ0) is 17.8. The van der Waals surface area contributed by atoms with Crippen LogP contribution in [0.3, 0.4) is 0 Å². The van der Waals surface area contributed by atoms with E-state index in [2.05, 4.69) is 10.6 Å². The van der Waals surface area contributed by atoms with Gasteiger partial charge in [0.05, 0.1) is 12.7 Å². The molecule has 2 aromatic carbocycles. The summed E-state index contributed by atoms with van der Waals surface area (Å²) in [5.41, 5.74) is 1.34. The molecule has 1 aliphatic rings. The SMILES string of the molecule is COc1ccccc1C(=O)Nc1ccc(C(=O)N2CCNC2=O)cc1. The molecule has 2 aromatic rings. The van der Waals surface area contributed by atoms with Crippen LogP contribution in [0.1, 0.15) is 20.7 Å². The Labute approximate surface area is 144 Å². The van der Waals surface area contributed by atoms with Gasteiger partial charge in [0.1, 0.15) is 5.75 Å². The summed E-state index contributed by atoms with van der Waals surface area (Å²) in [6, 6.07) is 12.9. The van der Waals surface area contributed by atoms with Gasteiger partial charge in [-0.15, -0.1) is 0 Å². The van der Waals surface area contributed by atoms with Crippen LogP contribution in [0.2, 0.25) is 0 Å². The monoisotopic (exact) mass is 339 g/mol. The summed E-state index contributed by atoms with van der Waals surface area (Å²) in [6.45, 7) is 0.807. The van der Waals surface area contributed by atoms with Crippen molar-refractivity contribution in [2.45, 2.75) is 0 Å². The van der Waals surface area contributed by atoms with Gasteiger partial charge in [-0.3, -0.25) is 14.5 Å². The van der Waals surface area contributed by atoms with E-state index in [4.69, 9.17) is 4.74 Å². The molecule has 4 amide bonds. The number of anilines is 1. The molecule has 1 heterocycles. The predicted octanol–water partition coefficient (Wildman–Crippen LogP) is 2.11. The Morgan fingerprint density at radius 2 is 1.84 bits per heavy atom. The van der Waals surface area contributed by atoms with Crippen molar-refractivity contribution in [3.05, 3.63) is 59.7 Å². The first-order chi connectivity index (χ1) is 12.1. The van der Waals surface area contributed by atoms with E-state index in [1.807, 2.05) is 0 Å². The van der Waals surface area contributed by atoms with Crippen LogP contribution in [0.5, 0.6) is 5.75 Å². The maximum atomic E-state index is 12.3. The van der Waals surface area contributed by atoms with Crippen LogP contribution < -0.4 is 15.4 Å². The van der Waals surface area contributed by atoms with Gasteiger partial charge >= 0.3 is 6.03 Å². The van der Waals surface area contributed by atoms with Gasteiger partial charge in [0, 0.05) is 24.3 Å². The zero-order valence-electron chi connectivity index (χ0n) is 13.6. The lowest BCUT2D eigenvalue weighted by Crippen LogP contribution is -2.34. The van der Waals surface area contributed by atoms with Crippen LogP contribution in [0, 0.1) is 0 Å². The van der Waals surface area contributed by atoms with Crippen molar-refractivity contribution in [2.24, 2.45) is 0 Å². The highest BCUT2D eigenvalue weighted by atomic mass is 16.5. The summed E-state index contributed by atoms with van der Waals surface area (Å²) in [4.78, 5) is 37.3. The Morgan fingerprint density at radius 1 is 1.12 bits per heavy atom. The number of para-hydroxylation sites is 1. The van der Waals surface area contributed by atoms with Gasteiger partial charge in [0.2, 0.25) is 0 Å². The molecular weight excluding hydrogens is 322 g/mol. The van der Waals surface area contributed by atoms with Crippen LogP contribution in [-0.2, 0) is 0 Å². The molecule has 0 unspecified atom stereocenters. The minimum atomic E-state index is -0.390. The van der Waals surface area contributed by atoms with E-state index in [9.17, 15) is 14.4 Å². The van der Waals surface area contributed by atoms with Crippen molar-refractivity contribution < 1.29 is 19.1 Å². The van der Waals surface area contributed by atoms with Gasteiger partial charge in [-0.25, -0.2) is 4.79 Å². The first-order valence-corrected chi connectivity index (χ1v) is 7.74. The largest absolute Gasteiger partial charge is 0.496 e. The Bertz CT molecular complexity index is 817. The molecular formula is C18H17N3O4. The Balaban J connectivity index is 1.71. The summed E-state index contributed by atoms with van der Waals surface area (Å²) in [7, 11) is 1.50. The number of nitrogens with zero attached hydrogens (tertiary/aromatic N) is 1. The predicted molar refractivity (Wildman–Crippen MR) is 91.8 cm³/mol. The number of amides is 4. The molecule has 1 saturated heterocycles. The van der Waals surface area contributed by atoms with E-state index in [0.717, 1.165) is 4.90 Å². The molecule has 0 aliphatic carbocycles. The van der Waals surface area contributed by atoms with Crippen molar-refractivity contribution in [3.63, 3.8) is 0 Å². The molecule has 7 nitrogen and oxygen atoms in total. The molecule has 7 heteroatoms. The van der Waals surface area contributed by atoms with Crippen LogP contribution in [-0.4, -0.2) is 42.9 Å². The van der Waals surface area contributed by atoms with Crippen LogP contribution in [0.15, 0.2) is 48.5 Å². The zero-order valence-corrected chi connectivity index (χ0v) is 13.6. The number of urea groups is 1. The van der Waals surface area contributed by atoms with Gasteiger partial charge in [0.15, 0.2) is 0 Å². The number of benzene rings is 2. The second-order valence-corrected chi connectivity index (χ2v) is 5.42. The maximum Gasteiger partial charge on any atom is 0.324 e.